The molecular formula is C12H11Cl3F8O3. The molecule has 0 N–H and O–H groups in total. The first-order chi connectivity index (χ1) is 11.4. The number of halogens is 11. The van der Waals surface area contributed by atoms with Crippen molar-refractivity contribution in [3.63, 3.8) is 0 Å². The van der Waals surface area contributed by atoms with Gasteiger partial charge in [0.1, 0.15) is 0 Å². The fraction of sp³-hybridized carbons (Fsp3) is 0.667. The SMILES string of the molecule is CCCCOC=CC(=O)C(F)(F)C(F)(F)Cl.O=C(Cl)C(F)(F)C(F)(F)Cl. The molecule has 0 fully saturated rings. The third-order valence-electron chi connectivity index (χ3n) is 2.20. The normalized spacial score (nSPS) is 13.2. The Morgan fingerprint density at radius 2 is 1.35 bits per heavy atom. The third kappa shape index (κ3) is 8.72. The van der Waals surface area contributed by atoms with Gasteiger partial charge in [-0.25, -0.2) is 0 Å². The van der Waals surface area contributed by atoms with Gasteiger partial charge in [-0.1, -0.05) is 13.3 Å². The van der Waals surface area contributed by atoms with Crippen LogP contribution in [0.4, 0.5) is 35.1 Å². The lowest BCUT2D eigenvalue weighted by Gasteiger charge is -2.17. The monoisotopic (exact) mass is 460 g/mol. The molecule has 26 heavy (non-hydrogen) atoms. The van der Waals surface area contributed by atoms with E-state index in [0.29, 0.717) is 12.7 Å². The van der Waals surface area contributed by atoms with Crippen LogP contribution >= 0.6 is 34.8 Å². The van der Waals surface area contributed by atoms with E-state index in [-0.39, 0.29) is 12.7 Å². The van der Waals surface area contributed by atoms with Crippen molar-refractivity contribution in [1.29, 1.82) is 0 Å². The van der Waals surface area contributed by atoms with Gasteiger partial charge in [-0.05, 0) is 41.2 Å². The zero-order valence-electron chi connectivity index (χ0n) is 12.7. The fourth-order valence-electron chi connectivity index (χ4n) is 0.761. The highest BCUT2D eigenvalue weighted by atomic mass is 35.5. The average Bonchev–Trinajstić information content (AvgIpc) is 2.44. The van der Waals surface area contributed by atoms with Gasteiger partial charge in [0, 0.05) is 6.08 Å². The predicted molar refractivity (Wildman–Crippen MR) is 77.4 cm³/mol. The van der Waals surface area contributed by atoms with Crippen molar-refractivity contribution >= 4 is 45.8 Å². The molecule has 0 aliphatic rings. The summed E-state index contributed by atoms with van der Waals surface area (Å²) in [5, 5.41) is -12.3. The molecule has 0 aromatic rings. The van der Waals surface area contributed by atoms with Crippen molar-refractivity contribution in [2.75, 3.05) is 6.61 Å². The van der Waals surface area contributed by atoms with Gasteiger partial charge in [0.25, 0.3) is 5.24 Å². The van der Waals surface area contributed by atoms with Crippen LogP contribution in [0.5, 0.6) is 0 Å². The van der Waals surface area contributed by atoms with Crippen molar-refractivity contribution in [2.45, 2.75) is 42.4 Å². The van der Waals surface area contributed by atoms with Gasteiger partial charge in [0.2, 0.25) is 5.78 Å². The molecule has 0 aromatic carbocycles. The van der Waals surface area contributed by atoms with E-state index in [1.165, 1.54) is 0 Å². The highest BCUT2D eigenvalue weighted by molar-refractivity contribution is 6.65. The van der Waals surface area contributed by atoms with Gasteiger partial charge in [-0.2, -0.15) is 35.1 Å². The first kappa shape index (κ1) is 27.4. The lowest BCUT2D eigenvalue weighted by molar-refractivity contribution is -0.173. The zero-order chi connectivity index (χ0) is 21.4. The highest BCUT2D eigenvalue weighted by Gasteiger charge is 2.60. The predicted octanol–water partition coefficient (Wildman–Crippen LogP) is 5.57. The van der Waals surface area contributed by atoms with Crippen molar-refractivity contribution in [2.24, 2.45) is 0 Å². The topological polar surface area (TPSA) is 43.4 Å². The molecule has 0 saturated carbocycles. The molecule has 0 rings (SSSR count). The second-order valence-electron chi connectivity index (χ2n) is 4.31. The van der Waals surface area contributed by atoms with Gasteiger partial charge in [-0.15, -0.1) is 0 Å². The fourth-order valence-corrected chi connectivity index (χ4v) is 1.11. The Bertz CT molecular complexity index is 501. The van der Waals surface area contributed by atoms with E-state index in [1.54, 1.807) is 0 Å². The Labute approximate surface area is 157 Å². The van der Waals surface area contributed by atoms with Gasteiger partial charge < -0.3 is 4.74 Å². The molecule has 0 aromatic heterocycles. The van der Waals surface area contributed by atoms with E-state index in [1.807, 2.05) is 6.92 Å². The van der Waals surface area contributed by atoms with E-state index < -0.39 is 33.6 Å². The smallest absolute Gasteiger partial charge is 0.396 e. The molecular weight excluding hydrogens is 450 g/mol. The van der Waals surface area contributed by atoms with E-state index in [0.717, 1.165) is 6.42 Å². The number of hydrogen-bond donors (Lipinski definition) is 0. The van der Waals surface area contributed by atoms with Gasteiger partial charge in [0.05, 0.1) is 12.9 Å². The molecule has 0 atom stereocenters. The summed E-state index contributed by atoms with van der Waals surface area (Å²) in [7, 11) is 0. The second-order valence-corrected chi connectivity index (χ2v) is 5.60. The second kappa shape index (κ2) is 10.5. The molecule has 3 nitrogen and oxygen atoms in total. The Hall–Kier alpha value is -0.810. The Balaban J connectivity index is 0. The number of alkyl halides is 10. The molecule has 0 amide bonds. The minimum absolute atomic E-state index is 0.225. The summed E-state index contributed by atoms with van der Waals surface area (Å²) in [6.07, 6.45) is 2.39. The molecule has 0 heterocycles. The highest BCUT2D eigenvalue weighted by Crippen LogP contribution is 2.39. The van der Waals surface area contributed by atoms with E-state index >= 15 is 0 Å². The number of ketones is 1. The molecule has 0 aliphatic heterocycles. The number of hydrogen-bond acceptors (Lipinski definition) is 3. The van der Waals surface area contributed by atoms with E-state index in [9.17, 15) is 44.7 Å². The first-order valence-corrected chi connectivity index (χ1v) is 7.47. The van der Waals surface area contributed by atoms with Crippen molar-refractivity contribution in [1.82, 2.24) is 0 Å². The Morgan fingerprint density at radius 1 is 0.923 bits per heavy atom. The van der Waals surface area contributed by atoms with Crippen LogP contribution in [0, 0.1) is 0 Å². The third-order valence-corrected chi connectivity index (χ3v) is 2.91. The maximum Gasteiger partial charge on any atom is 0.396 e. The van der Waals surface area contributed by atoms with Crippen LogP contribution in [0.2, 0.25) is 0 Å². The molecule has 0 spiro atoms. The zero-order valence-corrected chi connectivity index (χ0v) is 14.9. The van der Waals surface area contributed by atoms with Crippen LogP contribution in [0.3, 0.4) is 0 Å². The summed E-state index contributed by atoms with van der Waals surface area (Å²) in [6.45, 7) is 2.10. The van der Waals surface area contributed by atoms with Crippen molar-refractivity contribution in [3.05, 3.63) is 12.3 Å². The molecule has 14 heteroatoms. The largest absolute Gasteiger partial charge is 0.501 e. The van der Waals surface area contributed by atoms with Crippen molar-refractivity contribution in [3.8, 4) is 0 Å². The van der Waals surface area contributed by atoms with E-state index in [4.69, 9.17) is 0 Å². The Morgan fingerprint density at radius 3 is 1.62 bits per heavy atom. The van der Waals surface area contributed by atoms with Crippen LogP contribution in [0.25, 0.3) is 0 Å². The van der Waals surface area contributed by atoms with Crippen molar-refractivity contribution < 1.29 is 49.4 Å². The molecule has 0 unspecified atom stereocenters. The van der Waals surface area contributed by atoms with Gasteiger partial charge in [0.15, 0.2) is 0 Å². The lowest BCUT2D eigenvalue weighted by atomic mass is 10.2. The van der Waals surface area contributed by atoms with Crippen LogP contribution < -0.4 is 0 Å². The minimum Gasteiger partial charge on any atom is -0.501 e. The first-order valence-electron chi connectivity index (χ1n) is 6.34. The summed E-state index contributed by atoms with van der Waals surface area (Å²) in [5.74, 6) is -12.0. The minimum atomic E-state index is -5.00. The summed E-state index contributed by atoms with van der Waals surface area (Å²) < 4.78 is 100. The lowest BCUT2D eigenvalue weighted by Crippen LogP contribution is -2.42. The van der Waals surface area contributed by atoms with Crippen LogP contribution in [0.15, 0.2) is 12.3 Å². The molecule has 0 aliphatic carbocycles. The summed E-state index contributed by atoms with van der Waals surface area (Å²) >= 11 is 12.0. The Kier molecular flexibility index (Phi) is 11.1. The maximum atomic E-state index is 12.6. The molecule has 0 saturated heterocycles. The van der Waals surface area contributed by atoms with Crippen LogP contribution in [-0.2, 0) is 14.3 Å². The standard InChI is InChI=1S/C9H11ClF4O2.C3Cl2F4O/c1-2-3-5-16-6-4-7(15)8(11,12)9(10,13)14;4-1(10)2(6,7)3(5,8)9/h4,6H,2-3,5H2,1H3;. The average molecular weight is 462 g/mol. The number of ether oxygens (including phenoxy) is 1. The van der Waals surface area contributed by atoms with Crippen LogP contribution in [-0.4, -0.2) is 40.2 Å². The number of rotatable bonds is 9. The number of unbranched alkanes of at least 4 members (excludes halogenated alkanes) is 1. The van der Waals surface area contributed by atoms with Gasteiger partial charge >= 0.3 is 22.6 Å². The maximum absolute atomic E-state index is 12.6. The van der Waals surface area contributed by atoms with Gasteiger partial charge in [-0.3, -0.25) is 9.59 Å². The number of carbonyl (C=O) groups is 2. The quantitative estimate of drug-likeness (QED) is 0.113. The molecule has 154 valence electrons. The summed E-state index contributed by atoms with van der Waals surface area (Å²) in [6, 6.07) is 0. The summed E-state index contributed by atoms with van der Waals surface area (Å²) in [4.78, 5) is 20.2. The summed E-state index contributed by atoms with van der Waals surface area (Å²) in [5.41, 5.74) is 0. The van der Waals surface area contributed by atoms with Crippen LogP contribution in [0.1, 0.15) is 19.8 Å². The number of carbonyl (C=O) groups excluding carboxylic acids is 2. The molecule has 0 bridgehead atoms. The molecule has 0 radical (unpaired) electrons. The van der Waals surface area contributed by atoms with E-state index in [2.05, 4.69) is 39.5 Å². The number of allylic oxidation sites excluding steroid dienone is 1.